The Labute approximate surface area is 104 Å². The first-order valence-electron chi connectivity index (χ1n) is 5.29. The number of halogens is 2. The van der Waals surface area contributed by atoms with Crippen LogP contribution in [0.3, 0.4) is 0 Å². The summed E-state index contributed by atoms with van der Waals surface area (Å²) >= 11 is 3.25. The van der Waals surface area contributed by atoms with Gasteiger partial charge < -0.3 is 10.1 Å². The third kappa shape index (κ3) is 4.20. The van der Waals surface area contributed by atoms with Gasteiger partial charge >= 0.3 is 0 Å². The zero-order chi connectivity index (χ0) is 12.0. The molecule has 90 valence electrons. The van der Waals surface area contributed by atoms with Crippen molar-refractivity contribution in [1.29, 1.82) is 0 Å². The van der Waals surface area contributed by atoms with Crippen LogP contribution in [0.1, 0.15) is 18.4 Å². The van der Waals surface area contributed by atoms with Crippen LogP contribution in [0.25, 0.3) is 0 Å². The minimum atomic E-state index is -0.157. The second-order valence-corrected chi connectivity index (χ2v) is 4.68. The van der Waals surface area contributed by atoms with Gasteiger partial charge in [-0.1, -0.05) is 28.9 Å². The van der Waals surface area contributed by atoms with Gasteiger partial charge in [-0.3, -0.25) is 0 Å². The maximum atomic E-state index is 13.6. The predicted octanol–water partition coefficient (Wildman–Crippen LogP) is 2.93. The van der Waals surface area contributed by atoms with E-state index in [1.165, 1.54) is 6.07 Å². The summed E-state index contributed by atoms with van der Waals surface area (Å²) in [7, 11) is 1.67. The summed E-state index contributed by atoms with van der Waals surface area (Å²) in [6.45, 7) is 4.22. The highest BCUT2D eigenvalue weighted by Gasteiger charge is 2.10. The largest absolute Gasteiger partial charge is 0.383 e. The fraction of sp³-hybridized carbons (Fsp3) is 0.500. The fourth-order valence-electron chi connectivity index (χ4n) is 1.50. The molecule has 0 fully saturated rings. The highest BCUT2D eigenvalue weighted by atomic mass is 79.9. The normalized spacial score (nSPS) is 12.8. The molecule has 4 heteroatoms. The standard InChI is InChI=1S/C12H17BrFNO/c1-9(8-15-5-6-16-2)11-4-3-10(13)7-12(11)14/h3-4,7,9,15H,5-6,8H2,1-2H3. The van der Waals surface area contributed by atoms with E-state index in [2.05, 4.69) is 21.2 Å². The molecule has 1 rings (SSSR count). The van der Waals surface area contributed by atoms with Gasteiger partial charge in [0.05, 0.1) is 6.61 Å². The van der Waals surface area contributed by atoms with E-state index in [0.29, 0.717) is 6.61 Å². The van der Waals surface area contributed by atoms with Gasteiger partial charge in [0, 0.05) is 24.7 Å². The molecule has 0 saturated carbocycles. The Balaban J connectivity index is 2.49. The van der Waals surface area contributed by atoms with Crippen molar-refractivity contribution < 1.29 is 9.13 Å². The lowest BCUT2D eigenvalue weighted by atomic mass is 10.0. The average molecular weight is 290 g/mol. The Morgan fingerprint density at radius 1 is 1.50 bits per heavy atom. The van der Waals surface area contributed by atoms with Crippen molar-refractivity contribution in [2.75, 3.05) is 26.8 Å². The minimum absolute atomic E-state index is 0.157. The summed E-state index contributed by atoms with van der Waals surface area (Å²) in [5.74, 6) is 0.000345. The molecule has 1 unspecified atom stereocenters. The van der Waals surface area contributed by atoms with Gasteiger partial charge in [0.25, 0.3) is 0 Å². The van der Waals surface area contributed by atoms with Crippen molar-refractivity contribution in [2.24, 2.45) is 0 Å². The van der Waals surface area contributed by atoms with E-state index in [9.17, 15) is 4.39 Å². The zero-order valence-corrected chi connectivity index (χ0v) is 11.2. The van der Waals surface area contributed by atoms with E-state index in [1.807, 2.05) is 19.1 Å². The molecule has 2 nitrogen and oxygen atoms in total. The molecular weight excluding hydrogens is 273 g/mol. The Hall–Kier alpha value is -0.450. The summed E-state index contributed by atoms with van der Waals surface area (Å²) in [5, 5.41) is 3.22. The molecule has 0 spiro atoms. The number of ether oxygens (including phenoxy) is 1. The Bertz CT molecular complexity index is 333. The Morgan fingerprint density at radius 3 is 2.88 bits per heavy atom. The summed E-state index contributed by atoms with van der Waals surface area (Å²) in [5.41, 5.74) is 0.744. The second-order valence-electron chi connectivity index (χ2n) is 3.76. The van der Waals surface area contributed by atoms with Crippen molar-refractivity contribution >= 4 is 15.9 Å². The highest BCUT2D eigenvalue weighted by molar-refractivity contribution is 9.10. The minimum Gasteiger partial charge on any atom is -0.383 e. The van der Waals surface area contributed by atoms with E-state index < -0.39 is 0 Å². The van der Waals surface area contributed by atoms with Crippen LogP contribution in [0, 0.1) is 5.82 Å². The molecule has 0 aromatic heterocycles. The molecule has 0 aliphatic heterocycles. The molecule has 0 radical (unpaired) electrons. The molecule has 1 N–H and O–H groups in total. The summed E-state index contributed by atoms with van der Waals surface area (Å²) < 4.78 is 19.3. The van der Waals surface area contributed by atoms with E-state index in [1.54, 1.807) is 7.11 Å². The number of hydrogen-bond donors (Lipinski definition) is 1. The van der Waals surface area contributed by atoms with E-state index >= 15 is 0 Å². The first-order valence-corrected chi connectivity index (χ1v) is 6.09. The summed E-state index contributed by atoms with van der Waals surface area (Å²) in [6.07, 6.45) is 0. The molecule has 0 saturated heterocycles. The first kappa shape index (κ1) is 13.6. The van der Waals surface area contributed by atoms with Crippen molar-refractivity contribution in [2.45, 2.75) is 12.8 Å². The van der Waals surface area contributed by atoms with E-state index in [4.69, 9.17) is 4.74 Å². The van der Waals surface area contributed by atoms with Gasteiger partial charge in [-0.2, -0.15) is 0 Å². The average Bonchev–Trinajstić information content (AvgIpc) is 2.24. The Morgan fingerprint density at radius 2 is 2.25 bits per heavy atom. The molecule has 1 aromatic rings. The molecule has 1 aromatic carbocycles. The lowest BCUT2D eigenvalue weighted by Crippen LogP contribution is -2.24. The molecule has 0 aliphatic rings. The molecule has 0 amide bonds. The van der Waals surface area contributed by atoms with Crippen molar-refractivity contribution in [3.05, 3.63) is 34.1 Å². The van der Waals surface area contributed by atoms with E-state index in [0.717, 1.165) is 23.1 Å². The number of nitrogens with one attached hydrogen (secondary N) is 1. The van der Waals surface area contributed by atoms with Gasteiger partial charge in [0.15, 0.2) is 0 Å². The summed E-state index contributed by atoms with van der Waals surface area (Å²) in [6, 6.07) is 5.19. The quantitative estimate of drug-likeness (QED) is 0.813. The lowest BCUT2D eigenvalue weighted by Gasteiger charge is -2.14. The van der Waals surface area contributed by atoms with Gasteiger partial charge in [-0.05, 0) is 23.6 Å². The maximum Gasteiger partial charge on any atom is 0.127 e. The van der Waals surface area contributed by atoms with E-state index in [-0.39, 0.29) is 11.7 Å². The van der Waals surface area contributed by atoms with Crippen LogP contribution in [-0.4, -0.2) is 26.8 Å². The number of methoxy groups -OCH3 is 1. The third-order valence-electron chi connectivity index (χ3n) is 2.43. The van der Waals surface area contributed by atoms with Crippen LogP contribution in [0.4, 0.5) is 4.39 Å². The molecule has 0 bridgehead atoms. The van der Waals surface area contributed by atoms with Gasteiger partial charge in [0.2, 0.25) is 0 Å². The van der Waals surface area contributed by atoms with Crippen LogP contribution in [0.15, 0.2) is 22.7 Å². The zero-order valence-electron chi connectivity index (χ0n) is 9.59. The fourth-order valence-corrected chi connectivity index (χ4v) is 1.84. The second kappa shape index (κ2) is 6.99. The number of rotatable bonds is 6. The Kier molecular flexibility index (Phi) is 5.95. The topological polar surface area (TPSA) is 21.3 Å². The smallest absolute Gasteiger partial charge is 0.127 e. The molecule has 0 aliphatic carbocycles. The van der Waals surface area contributed by atoms with Crippen LogP contribution >= 0.6 is 15.9 Å². The molecular formula is C12H17BrFNO. The van der Waals surface area contributed by atoms with Crippen molar-refractivity contribution in [3.63, 3.8) is 0 Å². The monoisotopic (exact) mass is 289 g/mol. The van der Waals surface area contributed by atoms with Crippen LogP contribution in [0.5, 0.6) is 0 Å². The maximum absolute atomic E-state index is 13.6. The van der Waals surface area contributed by atoms with Gasteiger partial charge in [-0.15, -0.1) is 0 Å². The first-order chi connectivity index (χ1) is 7.65. The van der Waals surface area contributed by atoms with Crippen LogP contribution in [0.2, 0.25) is 0 Å². The van der Waals surface area contributed by atoms with Gasteiger partial charge in [-0.25, -0.2) is 4.39 Å². The SMILES string of the molecule is COCCNCC(C)c1ccc(Br)cc1F. The molecule has 1 atom stereocenters. The van der Waals surface area contributed by atoms with Gasteiger partial charge in [0.1, 0.15) is 5.82 Å². The highest BCUT2D eigenvalue weighted by Crippen LogP contribution is 2.21. The lowest BCUT2D eigenvalue weighted by molar-refractivity contribution is 0.199. The number of benzene rings is 1. The summed E-state index contributed by atoms with van der Waals surface area (Å²) in [4.78, 5) is 0. The van der Waals surface area contributed by atoms with Crippen molar-refractivity contribution in [1.82, 2.24) is 5.32 Å². The number of hydrogen-bond acceptors (Lipinski definition) is 2. The van der Waals surface area contributed by atoms with Crippen molar-refractivity contribution in [3.8, 4) is 0 Å². The predicted molar refractivity (Wildman–Crippen MR) is 67.3 cm³/mol. The third-order valence-corrected chi connectivity index (χ3v) is 2.92. The molecule has 0 heterocycles. The van der Waals surface area contributed by atoms with Crippen LogP contribution < -0.4 is 5.32 Å². The van der Waals surface area contributed by atoms with Crippen LogP contribution in [-0.2, 0) is 4.74 Å². The molecule has 16 heavy (non-hydrogen) atoms.